The van der Waals surface area contributed by atoms with Crippen molar-refractivity contribution in [1.82, 2.24) is 4.98 Å². The molecule has 2 aromatic rings. The van der Waals surface area contributed by atoms with Gasteiger partial charge in [0.05, 0.1) is 4.88 Å². The second-order valence-electron chi connectivity index (χ2n) is 4.74. The summed E-state index contributed by atoms with van der Waals surface area (Å²) in [4.78, 5) is 3.67. The van der Waals surface area contributed by atoms with Crippen molar-refractivity contribution in [3.63, 3.8) is 0 Å². The van der Waals surface area contributed by atoms with Gasteiger partial charge in [-0.15, -0.1) is 11.3 Å². The van der Waals surface area contributed by atoms with E-state index in [1.54, 1.807) is 0 Å². The number of nitrogens with one attached hydrogen (secondary N) is 1. The first kappa shape index (κ1) is 14.3. The molecule has 0 saturated carbocycles. The Morgan fingerprint density at radius 1 is 1.16 bits per heavy atom. The highest BCUT2D eigenvalue weighted by molar-refractivity contribution is 7.73. The number of aromatic amines is 1. The van der Waals surface area contributed by atoms with Crippen molar-refractivity contribution in [3.05, 3.63) is 44.2 Å². The van der Waals surface area contributed by atoms with E-state index < -0.39 is 0 Å². The van der Waals surface area contributed by atoms with Gasteiger partial charge in [-0.25, -0.2) is 0 Å². The van der Waals surface area contributed by atoms with Crippen LogP contribution in [0, 0.1) is 3.95 Å². The zero-order valence-corrected chi connectivity index (χ0v) is 12.7. The maximum atomic E-state index is 9.68. The lowest BCUT2D eigenvalue weighted by molar-refractivity contribution is 0.452. The van der Waals surface area contributed by atoms with Crippen LogP contribution in [0.15, 0.2) is 24.3 Å². The fourth-order valence-corrected chi connectivity index (χ4v) is 3.22. The van der Waals surface area contributed by atoms with E-state index in [1.807, 2.05) is 0 Å². The van der Waals surface area contributed by atoms with Gasteiger partial charge in [-0.3, -0.25) is 0 Å². The summed E-state index contributed by atoms with van der Waals surface area (Å²) in [7, 11) is 0. The van der Waals surface area contributed by atoms with E-state index in [4.69, 9.17) is 12.2 Å². The van der Waals surface area contributed by atoms with Crippen molar-refractivity contribution in [2.24, 2.45) is 0 Å². The third-order valence-electron chi connectivity index (χ3n) is 3.16. The molecule has 0 saturated heterocycles. The van der Waals surface area contributed by atoms with Crippen LogP contribution in [0.2, 0.25) is 0 Å². The fourth-order valence-electron chi connectivity index (χ4n) is 2.06. The molecule has 1 aromatic heterocycles. The quantitative estimate of drug-likeness (QED) is 0.591. The zero-order valence-electron chi connectivity index (χ0n) is 11.1. The predicted molar refractivity (Wildman–Crippen MR) is 83.6 cm³/mol. The van der Waals surface area contributed by atoms with Crippen LogP contribution in [0.25, 0.3) is 0 Å². The lowest BCUT2D eigenvalue weighted by Crippen LogP contribution is -1.89. The Kier molecular flexibility index (Phi) is 5.16. The molecular formula is C15H19NOS2. The van der Waals surface area contributed by atoms with Crippen LogP contribution in [-0.2, 0) is 12.8 Å². The number of hydrogen-bond acceptors (Lipinski definition) is 3. The van der Waals surface area contributed by atoms with Crippen LogP contribution in [0.4, 0.5) is 0 Å². The molecule has 19 heavy (non-hydrogen) atoms. The Morgan fingerprint density at radius 3 is 2.42 bits per heavy atom. The molecule has 0 fully saturated rings. The third-order valence-corrected chi connectivity index (χ3v) is 4.38. The van der Waals surface area contributed by atoms with Crippen LogP contribution in [0.5, 0.6) is 5.88 Å². The van der Waals surface area contributed by atoms with Gasteiger partial charge in [0.15, 0.2) is 3.95 Å². The zero-order chi connectivity index (χ0) is 13.7. The molecule has 0 amide bonds. The van der Waals surface area contributed by atoms with Crippen molar-refractivity contribution < 1.29 is 5.11 Å². The summed E-state index contributed by atoms with van der Waals surface area (Å²) >= 11 is 6.46. The Balaban J connectivity index is 1.98. The molecule has 4 heteroatoms. The van der Waals surface area contributed by atoms with E-state index in [0.717, 1.165) is 17.7 Å². The highest BCUT2D eigenvalue weighted by Gasteiger charge is 2.06. The summed E-state index contributed by atoms with van der Waals surface area (Å²) in [6, 6.07) is 8.66. The van der Waals surface area contributed by atoms with E-state index in [1.165, 1.54) is 41.7 Å². The number of unbranched alkanes of at least 4 members (excludes halogenated alkanes) is 2. The standard InChI is InChI=1S/C15H19NOS2/c1-2-3-4-5-11-6-8-12(9-7-11)10-13-14(17)16-15(18)19-13/h6-9,17H,2-5,10H2,1H3,(H,16,18). The summed E-state index contributed by atoms with van der Waals surface area (Å²) in [5.74, 6) is 0.210. The van der Waals surface area contributed by atoms with Gasteiger partial charge in [0.1, 0.15) is 0 Å². The lowest BCUT2D eigenvalue weighted by atomic mass is 10.0. The molecule has 1 aromatic carbocycles. The summed E-state index contributed by atoms with van der Waals surface area (Å²) in [6.07, 6.45) is 5.70. The van der Waals surface area contributed by atoms with E-state index in [-0.39, 0.29) is 5.88 Å². The summed E-state index contributed by atoms with van der Waals surface area (Å²) in [6.45, 7) is 2.22. The number of benzene rings is 1. The van der Waals surface area contributed by atoms with Crippen molar-refractivity contribution >= 4 is 23.6 Å². The minimum Gasteiger partial charge on any atom is -0.494 e. The summed E-state index contributed by atoms with van der Waals surface area (Å²) in [5, 5.41) is 9.68. The molecule has 0 spiro atoms. The Labute approximate surface area is 123 Å². The van der Waals surface area contributed by atoms with Crippen LogP contribution in [0.3, 0.4) is 0 Å². The highest BCUT2D eigenvalue weighted by atomic mass is 32.1. The molecule has 0 aliphatic heterocycles. The average molecular weight is 293 g/mol. The normalized spacial score (nSPS) is 10.8. The third kappa shape index (κ3) is 4.18. The second kappa shape index (κ2) is 6.87. The lowest BCUT2D eigenvalue weighted by Gasteiger charge is -2.03. The number of hydrogen-bond donors (Lipinski definition) is 2. The smallest absolute Gasteiger partial charge is 0.203 e. The van der Waals surface area contributed by atoms with Gasteiger partial charge in [0.2, 0.25) is 5.88 Å². The van der Waals surface area contributed by atoms with Crippen molar-refractivity contribution in [1.29, 1.82) is 0 Å². The molecule has 0 bridgehead atoms. The largest absolute Gasteiger partial charge is 0.494 e. The van der Waals surface area contributed by atoms with E-state index in [9.17, 15) is 5.11 Å². The first-order chi connectivity index (χ1) is 9.19. The van der Waals surface area contributed by atoms with Gasteiger partial charge in [-0.2, -0.15) is 0 Å². The second-order valence-corrected chi connectivity index (χ2v) is 6.51. The number of aryl methyl sites for hydroxylation is 1. The van der Waals surface area contributed by atoms with Crippen LogP contribution < -0.4 is 0 Å². The molecule has 2 N–H and O–H groups in total. The van der Waals surface area contributed by atoms with Crippen molar-refractivity contribution in [2.45, 2.75) is 39.0 Å². The molecule has 1 heterocycles. The van der Waals surface area contributed by atoms with Gasteiger partial charge in [0, 0.05) is 6.42 Å². The Bertz CT molecular complexity index is 569. The molecule has 2 nitrogen and oxygen atoms in total. The summed E-state index contributed by atoms with van der Waals surface area (Å²) < 4.78 is 0.628. The molecule has 0 atom stereocenters. The maximum Gasteiger partial charge on any atom is 0.203 e. The predicted octanol–water partition coefficient (Wildman–Crippen LogP) is 4.83. The van der Waals surface area contributed by atoms with Crippen LogP contribution >= 0.6 is 23.6 Å². The Hall–Kier alpha value is -1.13. The van der Waals surface area contributed by atoms with Gasteiger partial charge >= 0.3 is 0 Å². The highest BCUT2D eigenvalue weighted by Crippen LogP contribution is 2.24. The number of thiazole rings is 1. The molecule has 0 unspecified atom stereocenters. The van der Waals surface area contributed by atoms with Crippen LogP contribution in [0.1, 0.15) is 42.2 Å². The molecule has 0 aliphatic carbocycles. The van der Waals surface area contributed by atoms with Gasteiger partial charge in [0.25, 0.3) is 0 Å². The molecule has 102 valence electrons. The minimum absolute atomic E-state index is 0.210. The number of aromatic hydroxyl groups is 1. The van der Waals surface area contributed by atoms with Crippen LogP contribution in [-0.4, -0.2) is 10.1 Å². The maximum absolute atomic E-state index is 9.68. The first-order valence-electron chi connectivity index (χ1n) is 6.68. The monoisotopic (exact) mass is 293 g/mol. The SMILES string of the molecule is CCCCCc1ccc(Cc2sc(=S)[nH]c2O)cc1. The van der Waals surface area contributed by atoms with E-state index in [2.05, 4.69) is 36.2 Å². The van der Waals surface area contributed by atoms with E-state index >= 15 is 0 Å². The number of H-pyrrole nitrogens is 1. The Morgan fingerprint density at radius 2 is 1.84 bits per heavy atom. The van der Waals surface area contributed by atoms with Gasteiger partial charge in [-0.1, -0.05) is 44.0 Å². The molecule has 0 aliphatic rings. The van der Waals surface area contributed by atoms with Gasteiger partial charge < -0.3 is 10.1 Å². The minimum atomic E-state index is 0.210. The summed E-state index contributed by atoms with van der Waals surface area (Å²) in [5.41, 5.74) is 2.60. The fraction of sp³-hybridized carbons (Fsp3) is 0.400. The number of aromatic nitrogens is 1. The van der Waals surface area contributed by atoms with E-state index in [0.29, 0.717) is 3.95 Å². The molecule has 0 radical (unpaired) electrons. The van der Waals surface area contributed by atoms with Gasteiger partial charge in [-0.05, 0) is 36.2 Å². The van der Waals surface area contributed by atoms with Crippen molar-refractivity contribution in [3.8, 4) is 5.88 Å². The molecule has 2 rings (SSSR count). The number of rotatable bonds is 6. The topological polar surface area (TPSA) is 36.0 Å². The molecular weight excluding hydrogens is 274 g/mol. The average Bonchev–Trinajstić information content (AvgIpc) is 2.70. The van der Waals surface area contributed by atoms with Crippen molar-refractivity contribution in [2.75, 3.05) is 0 Å². The first-order valence-corrected chi connectivity index (χ1v) is 7.90.